The molecule has 0 amide bonds. The largest absolute Gasteiger partial charge is 0.385 e. The van der Waals surface area contributed by atoms with Gasteiger partial charge in [0.15, 0.2) is 11.6 Å². The number of halogens is 2. The molecule has 2 aromatic rings. The number of fused-ring (bicyclic) bond motifs is 1. The average molecular weight is 245 g/mol. The Morgan fingerprint density at radius 2 is 1.89 bits per heavy atom. The predicted molar refractivity (Wildman–Crippen MR) is 68.6 cm³/mol. The SMILES string of the molecule is Fc1ccc(-c2cccc3c2CCCN3)cc1F. The Kier molecular flexibility index (Phi) is 2.74. The van der Waals surface area contributed by atoms with Gasteiger partial charge in [0.1, 0.15) is 0 Å². The van der Waals surface area contributed by atoms with E-state index in [2.05, 4.69) is 5.32 Å². The highest BCUT2D eigenvalue weighted by Gasteiger charge is 2.14. The molecule has 1 N–H and O–H groups in total. The minimum Gasteiger partial charge on any atom is -0.385 e. The van der Waals surface area contributed by atoms with Crippen molar-refractivity contribution in [3.8, 4) is 11.1 Å². The van der Waals surface area contributed by atoms with Gasteiger partial charge in [0.25, 0.3) is 0 Å². The first-order valence-electron chi connectivity index (χ1n) is 6.07. The summed E-state index contributed by atoms with van der Waals surface area (Å²) in [5, 5.41) is 3.33. The fourth-order valence-corrected chi connectivity index (χ4v) is 2.44. The van der Waals surface area contributed by atoms with E-state index in [4.69, 9.17) is 0 Å². The summed E-state index contributed by atoms with van der Waals surface area (Å²) in [6.45, 7) is 0.967. The van der Waals surface area contributed by atoms with Crippen molar-refractivity contribution in [2.24, 2.45) is 0 Å². The second-order valence-corrected chi connectivity index (χ2v) is 4.49. The first-order chi connectivity index (χ1) is 8.75. The summed E-state index contributed by atoms with van der Waals surface area (Å²) >= 11 is 0. The van der Waals surface area contributed by atoms with E-state index in [1.54, 1.807) is 6.07 Å². The standard InChI is InChI=1S/C15H13F2N/c16-13-7-6-10(9-14(13)17)11-3-1-5-15-12(11)4-2-8-18-15/h1,3,5-7,9,18H,2,4,8H2. The molecule has 0 radical (unpaired) electrons. The van der Waals surface area contributed by atoms with Crippen LogP contribution in [0.1, 0.15) is 12.0 Å². The van der Waals surface area contributed by atoms with E-state index >= 15 is 0 Å². The van der Waals surface area contributed by atoms with E-state index in [9.17, 15) is 8.78 Å². The summed E-state index contributed by atoms with van der Waals surface area (Å²) in [6.07, 6.45) is 2.03. The number of hydrogen-bond donors (Lipinski definition) is 1. The zero-order chi connectivity index (χ0) is 12.5. The van der Waals surface area contributed by atoms with Gasteiger partial charge in [0.05, 0.1) is 0 Å². The molecule has 1 aliphatic rings. The minimum absolute atomic E-state index is 0.731. The van der Waals surface area contributed by atoms with Crippen molar-refractivity contribution in [3.05, 3.63) is 53.6 Å². The summed E-state index contributed by atoms with van der Waals surface area (Å²) in [5.74, 6) is -1.60. The first kappa shape index (κ1) is 11.2. The maximum absolute atomic E-state index is 13.3. The van der Waals surface area contributed by atoms with Crippen molar-refractivity contribution >= 4 is 5.69 Å². The van der Waals surface area contributed by atoms with Gasteiger partial charge in [-0.25, -0.2) is 8.78 Å². The fraction of sp³-hybridized carbons (Fsp3) is 0.200. The molecule has 1 aliphatic heterocycles. The molecule has 0 aromatic heterocycles. The molecule has 3 heteroatoms. The van der Waals surface area contributed by atoms with E-state index in [0.29, 0.717) is 0 Å². The lowest BCUT2D eigenvalue weighted by Crippen LogP contribution is -2.12. The lowest BCUT2D eigenvalue weighted by Gasteiger charge is -2.21. The van der Waals surface area contributed by atoms with Crippen LogP contribution in [0.15, 0.2) is 36.4 Å². The van der Waals surface area contributed by atoms with Crippen LogP contribution in [0.5, 0.6) is 0 Å². The molecule has 3 rings (SSSR count). The summed E-state index contributed by atoms with van der Waals surface area (Å²) < 4.78 is 26.3. The Bertz CT molecular complexity index is 593. The molecule has 0 saturated heterocycles. The molecule has 1 heterocycles. The van der Waals surface area contributed by atoms with Crippen molar-refractivity contribution < 1.29 is 8.78 Å². The van der Waals surface area contributed by atoms with Crippen LogP contribution in [0.25, 0.3) is 11.1 Å². The Balaban J connectivity index is 2.13. The Labute approximate surface area is 104 Å². The fourth-order valence-electron chi connectivity index (χ4n) is 2.44. The molecule has 0 unspecified atom stereocenters. The van der Waals surface area contributed by atoms with Crippen LogP contribution in [0.4, 0.5) is 14.5 Å². The molecule has 0 saturated carbocycles. The highest BCUT2D eigenvalue weighted by Crippen LogP contribution is 2.32. The van der Waals surface area contributed by atoms with E-state index in [-0.39, 0.29) is 0 Å². The molecule has 18 heavy (non-hydrogen) atoms. The van der Waals surface area contributed by atoms with Crippen LogP contribution < -0.4 is 5.32 Å². The molecule has 0 fully saturated rings. The van der Waals surface area contributed by atoms with Gasteiger partial charge in [-0.05, 0) is 47.7 Å². The van der Waals surface area contributed by atoms with Crippen molar-refractivity contribution in [1.29, 1.82) is 0 Å². The van der Waals surface area contributed by atoms with Gasteiger partial charge >= 0.3 is 0 Å². The molecule has 0 bridgehead atoms. The molecule has 0 aliphatic carbocycles. The quantitative estimate of drug-likeness (QED) is 0.801. The van der Waals surface area contributed by atoms with Crippen LogP contribution in [-0.4, -0.2) is 6.54 Å². The molecule has 1 nitrogen and oxygen atoms in total. The van der Waals surface area contributed by atoms with Crippen LogP contribution >= 0.6 is 0 Å². The topological polar surface area (TPSA) is 12.0 Å². The molecule has 0 atom stereocenters. The van der Waals surface area contributed by atoms with Gasteiger partial charge in [0, 0.05) is 12.2 Å². The van der Waals surface area contributed by atoms with Crippen molar-refractivity contribution in [2.45, 2.75) is 12.8 Å². The van der Waals surface area contributed by atoms with Crippen LogP contribution in [0.2, 0.25) is 0 Å². The normalized spacial score (nSPS) is 13.9. The molecular weight excluding hydrogens is 232 g/mol. The zero-order valence-corrected chi connectivity index (χ0v) is 9.84. The van der Waals surface area contributed by atoms with Crippen LogP contribution in [0.3, 0.4) is 0 Å². The van der Waals surface area contributed by atoms with E-state index in [1.807, 2.05) is 18.2 Å². The first-order valence-corrected chi connectivity index (χ1v) is 6.07. The Hall–Kier alpha value is -1.90. The highest BCUT2D eigenvalue weighted by molar-refractivity contribution is 5.74. The summed E-state index contributed by atoms with van der Waals surface area (Å²) in [4.78, 5) is 0. The van der Waals surface area contributed by atoms with Gasteiger partial charge in [-0.15, -0.1) is 0 Å². The number of rotatable bonds is 1. The lowest BCUT2D eigenvalue weighted by atomic mass is 9.93. The van der Waals surface area contributed by atoms with Crippen molar-refractivity contribution in [3.63, 3.8) is 0 Å². The van der Waals surface area contributed by atoms with Crippen molar-refractivity contribution in [1.82, 2.24) is 0 Å². The van der Waals surface area contributed by atoms with Gasteiger partial charge in [0.2, 0.25) is 0 Å². The smallest absolute Gasteiger partial charge is 0.159 e. The summed E-state index contributed by atoms with van der Waals surface area (Å²) in [6, 6.07) is 9.99. The number of nitrogens with one attached hydrogen (secondary N) is 1. The Morgan fingerprint density at radius 3 is 2.72 bits per heavy atom. The van der Waals surface area contributed by atoms with Gasteiger partial charge < -0.3 is 5.32 Å². The average Bonchev–Trinajstić information content (AvgIpc) is 2.41. The third-order valence-corrected chi connectivity index (χ3v) is 3.33. The third-order valence-electron chi connectivity index (χ3n) is 3.33. The minimum atomic E-state index is -0.804. The van der Waals surface area contributed by atoms with Crippen LogP contribution in [-0.2, 0) is 6.42 Å². The molecular formula is C15H13F2N. The second-order valence-electron chi connectivity index (χ2n) is 4.49. The summed E-state index contributed by atoms with van der Waals surface area (Å²) in [7, 11) is 0. The third kappa shape index (κ3) is 1.86. The number of hydrogen-bond acceptors (Lipinski definition) is 1. The highest BCUT2D eigenvalue weighted by atomic mass is 19.2. The van der Waals surface area contributed by atoms with Gasteiger partial charge in [-0.3, -0.25) is 0 Å². The predicted octanol–water partition coefficient (Wildman–Crippen LogP) is 3.99. The second kappa shape index (κ2) is 4.41. The monoisotopic (exact) mass is 245 g/mol. The van der Waals surface area contributed by atoms with E-state index < -0.39 is 11.6 Å². The Morgan fingerprint density at radius 1 is 1.00 bits per heavy atom. The van der Waals surface area contributed by atoms with E-state index in [1.165, 1.54) is 17.7 Å². The van der Waals surface area contributed by atoms with Gasteiger partial charge in [-0.1, -0.05) is 18.2 Å². The maximum atomic E-state index is 13.3. The number of benzene rings is 2. The summed E-state index contributed by atoms with van der Waals surface area (Å²) in [5.41, 5.74) is 4.01. The molecule has 0 spiro atoms. The zero-order valence-electron chi connectivity index (χ0n) is 9.84. The van der Waals surface area contributed by atoms with Gasteiger partial charge in [-0.2, -0.15) is 0 Å². The maximum Gasteiger partial charge on any atom is 0.159 e. The molecule has 92 valence electrons. The molecule has 2 aromatic carbocycles. The lowest BCUT2D eigenvalue weighted by molar-refractivity contribution is 0.509. The van der Waals surface area contributed by atoms with Crippen molar-refractivity contribution in [2.75, 3.05) is 11.9 Å². The van der Waals surface area contributed by atoms with E-state index in [0.717, 1.165) is 36.2 Å². The number of anilines is 1. The van der Waals surface area contributed by atoms with Crippen LogP contribution in [0, 0.1) is 11.6 Å².